The number of anilines is 1. The van der Waals surface area contributed by atoms with Gasteiger partial charge in [-0.05, 0) is 56.5 Å². The standard InChI is InChI=1S/C23H31ClFN5O2Si/c1-23(2,3)33(6,7)32-18(13-30(4)5)20-28-19-15(10-11-26-21(19)29-20)22(31)27-14-8-9-17(25)16(24)12-14/h8-12,18H,13H2,1-7H3,(H,27,31)(H,26,28,29). The quantitative estimate of drug-likeness (QED) is 0.418. The number of imidazole rings is 1. The summed E-state index contributed by atoms with van der Waals surface area (Å²) in [6.45, 7) is 11.6. The Bertz CT molecular complexity index is 1160. The Labute approximate surface area is 199 Å². The first kappa shape index (κ1) is 25.3. The van der Waals surface area contributed by atoms with Crippen LogP contribution in [0.4, 0.5) is 10.1 Å². The molecule has 0 fully saturated rings. The highest BCUT2D eigenvalue weighted by Gasteiger charge is 2.40. The van der Waals surface area contributed by atoms with Gasteiger partial charge in [0.2, 0.25) is 0 Å². The van der Waals surface area contributed by atoms with Crippen molar-refractivity contribution in [1.82, 2.24) is 19.9 Å². The molecule has 33 heavy (non-hydrogen) atoms. The average Bonchev–Trinajstić information content (AvgIpc) is 3.13. The van der Waals surface area contributed by atoms with Crippen LogP contribution in [0.1, 0.15) is 43.1 Å². The number of carbonyl (C=O) groups is 1. The molecule has 1 atom stereocenters. The van der Waals surface area contributed by atoms with Crippen LogP contribution in [0.15, 0.2) is 30.5 Å². The second-order valence-corrected chi connectivity index (χ2v) is 15.1. The number of likely N-dealkylation sites (N-methyl/N-ethyl adjacent to an activating group) is 1. The van der Waals surface area contributed by atoms with E-state index >= 15 is 0 Å². The lowest BCUT2D eigenvalue weighted by atomic mass is 10.2. The normalized spacial score (nSPS) is 13.5. The van der Waals surface area contributed by atoms with E-state index < -0.39 is 14.1 Å². The average molecular weight is 492 g/mol. The molecule has 2 N–H and O–H groups in total. The number of aromatic nitrogens is 3. The zero-order chi connectivity index (χ0) is 24.6. The molecule has 2 aromatic heterocycles. The third kappa shape index (κ3) is 5.78. The first-order valence-electron chi connectivity index (χ1n) is 10.7. The predicted octanol–water partition coefficient (Wildman–Crippen LogP) is 5.63. The number of benzene rings is 1. The van der Waals surface area contributed by atoms with Crippen molar-refractivity contribution in [3.05, 3.63) is 52.7 Å². The summed E-state index contributed by atoms with van der Waals surface area (Å²) < 4.78 is 20.1. The van der Waals surface area contributed by atoms with Crippen LogP contribution in [-0.4, -0.2) is 54.7 Å². The number of carbonyl (C=O) groups excluding carboxylic acids is 1. The highest BCUT2D eigenvalue weighted by atomic mass is 35.5. The predicted molar refractivity (Wildman–Crippen MR) is 133 cm³/mol. The number of fused-ring (bicyclic) bond motifs is 1. The minimum absolute atomic E-state index is 0.0311. The van der Waals surface area contributed by atoms with Crippen molar-refractivity contribution in [3.63, 3.8) is 0 Å². The number of amides is 1. The molecule has 2 heterocycles. The third-order valence-corrected chi connectivity index (χ3v) is 10.7. The molecule has 0 spiro atoms. The van der Waals surface area contributed by atoms with Crippen LogP contribution in [0, 0.1) is 5.82 Å². The molecule has 0 aliphatic carbocycles. The van der Waals surface area contributed by atoms with E-state index in [1.807, 2.05) is 19.0 Å². The van der Waals surface area contributed by atoms with Crippen molar-refractivity contribution in [3.8, 4) is 0 Å². The van der Waals surface area contributed by atoms with Gasteiger partial charge >= 0.3 is 0 Å². The molecular formula is C23H31ClFN5O2Si. The number of nitrogens with zero attached hydrogens (tertiary/aromatic N) is 3. The van der Waals surface area contributed by atoms with Gasteiger partial charge in [-0.1, -0.05) is 32.4 Å². The molecule has 0 aliphatic rings. The molecule has 3 aromatic rings. The maximum absolute atomic E-state index is 13.4. The number of pyridine rings is 1. The van der Waals surface area contributed by atoms with E-state index in [9.17, 15) is 9.18 Å². The van der Waals surface area contributed by atoms with Crippen LogP contribution < -0.4 is 5.32 Å². The second-order valence-electron chi connectivity index (χ2n) is 9.89. The molecule has 0 saturated carbocycles. The fourth-order valence-electron chi connectivity index (χ4n) is 3.09. The molecule has 1 aromatic carbocycles. The highest BCUT2D eigenvalue weighted by Crippen LogP contribution is 2.39. The molecule has 0 bridgehead atoms. The van der Waals surface area contributed by atoms with Crippen molar-refractivity contribution in [2.75, 3.05) is 26.0 Å². The number of halogens is 2. The van der Waals surface area contributed by atoms with E-state index in [-0.39, 0.29) is 22.1 Å². The lowest BCUT2D eigenvalue weighted by molar-refractivity contribution is 0.102. The van der Waals surface area contributed by atoms with Crippen molar-refractivity contribution in [2.45, 2.75) is 45.0 Å². The van der Waals surface area contributed by atoms with Gasteiger partial charge in [0.25, 0.3) is 5.91 Å². The van der Waals surface area contributed by atoms with Gasteiger partial charge in [0.15, 0.2) is 14.0 Å². The van der Waals surface area contributed by atoms with Crippen LogP contribution in [0.3, 0.4) is 0 Å². The van der Waals surface area contributed by atoms with Crippen molar-refractivity contribution < 1.29 is 13.6 Å². The van der Waals surface area contributed by atoms with Gasteiger partial charge in [-0.2, -0.15) is 0 Å². The van der Waals surface area contributed by atoms with E-state index in [2.05, 4.69) is 54.1 Å². The smallest absolute Gasteiger partial charge is 0.257 e. The first-order valence-corrected chi connectivity index (χ1v) is 14.0. The Balaban J connectivity index is 1.95. The summed E-state index contributed by atoms with van der Waals surface area (Å²) in [6, 6.07) is 5.64. The number of hydrogen-bond donors (Lipinski definition) is 2. The molecule has 3 rings (SSSR count). The SMILES string of the molecule is CN(C)CC(O[Si](C)(C)C(C)(C)C)c1nc2nccc(C(=O)Nc3ccc(F)c(Cl)c3)c2[nH]1. The third-order valence-electron chi connectivity index (χ3n) is 5.91. The van der Waals surface area contributed by atoms with Gasteiger partial charge < -0.3 is 19.6 Å². The molecule has 0 saturated heterocycles. The van der Waals surface area contributed by atoms with Gasteiger partial charge in [0.05, 0.1) is 16.1 Å². The van der Waals surface area contributed by atoms with Crippen molar-refractivity contribution >= 4 is 42.7 Å². The van der Waals surface area contributed by atoms with Gasteiger partial charge in [0, 0.05) is 18.4 Å². The Morgan fingerprint density at radius 3 is 2.61 bits per heavy atom. The fourth-order valence-corrected chi connectivity index (χ4v) is 4.52. The van der Waals surface area contributed by atoms with Gasteiger partial charge in [-0.3, -0.25) is 4.79 Å². The molecule has 1 unspecified atom stereocenters. The van der Waals surface area contributed by atoms with Gasteiger partial charge in [-0.25, -0.2) is 14.4 Å². The summed E-state index contributed by atoms with van der Waals surface area (Å²) in [5, 5.41) is 2.72. The summed E-state index contributed by atoms with van der Waals surface area (Å²) >= 11 is 5.84. The number of rotatable bonds is 7. The van der Waals surface area contributed by atoms with E-state index in [4.69, 9.17) is 16.0 Å². The van der Waals surface area contributed by atoms with Crippen LogP contribution in [0.5, 0.6) is 0 Å². The summed E-state index contributed by atoms with van der Waals surface area (Å²) in [5.41, 5.74) is 1.70. The van der Waals surface area contributed by atoms with E-state index in [1.54, 1.807) is 6.07 Å². The Kier molecular flexibility index (Phi) is 7.28. The zero-order valence-electron chi connectivity index (χ0n) is 20.1. The minimum atomic E-state index is -2.09. The van der Waals surface area contributed by atoms with Gasteiger partial charge in [-0.15, -0.1) is 0 Å². The van der Waals surface area contributed by atoms with E-state index in [0.29, 0.717) is 34.8 Å². The number of nitrogens with one attached hydrogen (secondary N) is 2. The van der Waals surface area contributed by atoms with E-state index in [0.717, 1.165) is 0 Å². The molecule has 0 aliphatic heterocycles. The zero-order valence-corrected chi connectivity index (χ0v) is 21.8. The lowest BCUT2D eigenvalue weighted by Crippen LogP contribution is -2.43. The Morgan fingerprint density at radius 1 is 1.30 bits per heavy atom. The summed E-state index contributed by atoms with van der Waals surface area (Å²) in [5.74, 6) is -0.302. The van der Waals surface area contributed by atoms with Crippen LogP contribution >= 0.6 is 11.6 Å². The fraction of sp³-hybridized carbons (Fsp3) is 0.435. The molecule has 7 nitrogen and oxygen atoms in total. The Hall–Kier alpha value is -2.33. The maximum atomic E-state index is 13.4. The minimum Gasteiger partial charge on any atom is -0.405 e. The van der Waals surface area contributed by atoms with Gasteiger partial charge in [0.1, 0.15) is 17.7 Å². The Morgan fingerprint density at radius 2 is 2.00 bits per heavy atom. The number of H-pyrrole nitrogens is 1. The molecule has 178 valence electrons. The molecular weight excluding hydrogens is 461 g/mol. The van der Waals surface area contributed by atoms with E-state index in [1.165, 1.54) is 24.4 Å². The van der Waals surface area contributed by atoms with Crippen molar-refractivity contribution in [1.29, 1.82) is 0 Å². The van der Waals surface area contributed by atoms with Crippen LogP contribution in [0.25, 0.3) is 11.2 Å². The van der Waals surface area contributed by atoms with Crippen LogP contribution in [-0.2, 0) is 4.43 Å². The van der Waals surface area contributed by atoms with Crippen LogP contribution in [0.2, 0.25) is 23.2 Å². The van der Waals surface area contributed by atoms with Crippen molar-refractivity contribution in [2.24, 2.45) is 0 Å². The maximum Gasteiger partial charge on any atom is 0.257 e. The second kappa shape index (κ2) is 9.50. The first-order chi connectivity index (χ1) is 15.3. The number of hydrogen-bond acceptors (Lipinski definition) is 5. The topological polar surface area (TPSA) is 83.1 Å². The lowest BCUT2D eigenvalue weighted by Gasteiger charge is -2.39. The molecule has 0 radical (unpaired) electrons. The largest absolute Gasteiger partial charge is 0.405 e. The summed E-state index contributed by atoms with van der Waals surface area (Å²) in [6.07, 6.45) is 1.23. The molecule has 10 heteroatoms. The summed E-state index contributed by atoms with van der Waals surface area (Å²) in [7, 11) is 1.87. The number of aromatic amines is 1. The summed E-state index contributed by atoms with van der Waals surface area (Å²) in [4.78, 5) is 27.3. The highest BCUT2D eigenvalue weighted by molar-refractivity contribution is 6.74. The monoisotopic (exact) mass is 491 g/mol. The molecule has 1 amide bonds.